The predicted molar refractivity (Wildman–Crippen MR) is 48.0 cm³/mol. The lowest BCUT2D eigenvalue weighted by molar-refractivity contribution is 0.303. The highest BCUT2D eigenvalue weighted by atomic mass is 16.3. The molecule has 1 heterocycles. The van der Waals surface area contributed by atoms with E-state index in [0.717, 1.165) is 0 Å². The Labute approximate surface area is 75.6 Å². The van der Waals surface area contributed by atoms with Crippen molar-refractivity contribution in [3.8, 4) is 0 Å². The van der Waals surface area contributed by atoms with E-state index in [1.165, 1.54) is 6.33 Å². The van der Waals surface area contributed by atoms with Gasteiger partial charge in [-0.05, 0) is 0 Å². The van der Waals surface area contributed by atoms with Crippen molar-refractivity contribution in [2.24, 2.45) is 5.84 Å². The fourth-order valence-corrected chi connectivity index (χ4v) is 0.791. The Balaban J connectivity index is 2.75. The molecule has 0 fully saturated rings. The summed E-state index contributed by atoms with van der Waals surface area (Å²) in [5.41, 5.74) is 2.31. The average molecular weight is 184 g/mol. The zero-order valence-electron chi connectivity index (χ0n) is 7.30. The Hall–Kier alpha value is -1.47. The highest BCUT2D eigenvalue weighted by Gasteiger charge is 2.03. The van der Waals surface area contributed by atoms with Crippen LogP contribution in [-0.2, 0) is 0 Å². The van der Waals surface area contributed by atoms with E-state index in [4.69, 9.17) is 10.9 Å². The Kier molecular flexibility index (Phi) is 3.35. The van der Waals surface area contributed by atoms with E-state index in [0.29, 0.717) is 18.4 Å². The summed E-state index contributed by atoms with van der Waals surface area (Å²) >= 11 is 0. The third-order valence-electron chi connectivity index (χ3n) is 1.47. The minimum atomic E-state index is 0.0492. The number of aliphatic hydroxyl groups is 1. The largest absolute Gasteiger partial charge is 0.395 e. The van der Waals surface area contributed by atoms with E-state index in [2.05, 4.69) is 20.4 Å². The molecule has 0 atom stereocenters. The lowest BCUT2D eigenvalue weighted by atomic mass is 10.6. The molecule has 0 saturated heterocycles. The number of hydrogen-bond acceptors (Lipinski definition) is 7. The standard InChI is InChI=1S/C6H12N6O/c1-12(2-3-13)6-9-4-8-5(10-6)11-7/h4,13H,2-3,7H2,1H3,(H,8,9,10,11). The Morgan fingerprint density at radius 3 is 3.00 bits per heavy atom. The first-order valence-electron chi connectivity index (χ1n) is 3.75. The predicted octanol–water partition coefficient (Wildman–Crippen LogP) is -1.41. The quantitative estimate of drug-likeness (QED) is 0.390. The summed E-state index contributed by atoms with van der Waals surface area (Å²) < 4.78 is 0. The van der Waals surface area contributed by atoms with Crippen molar-refractivity contribution >= 4 is 11.9 Å². The number of anilines is 2. The summed E-state index contributed by atoms with van der Waals surface area (Å²) in [4.78, 5) is 13.3. The molecule has 4 N–H and O–H groups in total. The first kappa shape index (κ1) is 9.62. The summed E-state index contributed by atoms with van der Waals surface area (Å²) in [6.45, 7) is 0.515. The molecule has 1 rings (SSSR count). The highest BCUT2D eigenvalue weighted by Crippen LogP contribution is 2.04. The minimum absolute atomic E-state index is 0.0492. The third-order valence-corrected chi connectivity index (χ3v) is 1.47. The van der Waals surface area contributed by atoms with Gasteiger partial charge in [-0.15, -0.1) is 0 Å². The van der Waals surface area contributed by atoms with Gasteiger partial charge in [-0.1, -0.05) is 0 Å². The van der Waals surface area contributed by atoms with Gasteiger partial charge in [0.25, 0.3) is 0 Å². The van der Waals surface area contributed by atoms with Crippen LogP contribution in [0.2, 0.25) is 0 Å². The van der Waals surface area contributed by atoms with E-state index >= 15 is 0 Å². The number of nitrogens with zero attached hydrogens (tertiary/aromatic N) is 4. The maximum atomic E-state index is 8.67. The number of hydrogen-bond donors (Lipinski definition) is 3. The maximum absolute atomic E-state index is 8.67. The first-order valence-corrected chi connectivity index (χ1v) is 3.75. The van der Waals surface area contributed by atoms with E-state index < -0.39 is 0 Å². The molecule has 1 aromatic rings. The molecule has 0 aliphatic rings. The summed E-state index contributed by atoms with van der Waals surface area (Å²) in [5, 5.41) is 8.67. The van der Waals surface area contributed by atoms with Crippen molar-refractivity contribution in [3.05, 3.63) is 6.33 Å². The fourth-order valence-electron chi connectivity index (χ4n) is 0.791. The van der Waals surface area contributed by atoms with Gasteiger partial charge in [0.05, 0.1) is 6.61 Å². The SMILES string of the molecule is CN(CCO)c1ncnc(NN)n1. The molecule has 0 radical (unpaired) electrons. The number of rotatable bonds is 4. The van der Waals surface area contributed by atoms with Crippen LogP contribution in [0, 0.1) is 0 Å². The van der Waals surface area contributed by atoms with Gasteiger partial charge in [-0.25, -0.2) is 15.8 Å². The van der Waals surface area contributed by atoms with Crippen LogP contribution in [0.25, 0.3) is 0 Å². The molecular weight excluding hydrogens is 172 g/mol. The molecule has 0 amide bonds. The van der Waals surface area contributed by atoms with Crippen LogP contribution in [0.15, 0.2) is 6.33 Å². The number of aliphatic hydroxyl groups excluding tert-OH is 1. The molecule has 7 nitrogen and oxygen atoms in total. The third kappa shape index (κ3) is 2.49. The summed E-state index contributed by atoms with van der Waals surface area (Å²) in [5.74, 6) is 5.89. The van der Waals surface area contributed by atoms with Gasteiger partial charge in [0, 0.05) is 13.6 Å². The van der Waals surface area contributed by atoms with E-state index in [9.17, 15) is 0 Å². The lowest BCUT2D eigenvalue weighted by Crippen LogP contribution is -2.24. The second kappa shape index (κ2) is 4.53. The molecule has 13 heavy (non-hydrogen) atoms. The van der Waals surface area contributed by atoms with Crippen LogP contribution in [-0.4, -0.2) is 40.3 Å². The van der Waals surface area contributed by atoms with Crippen LogP contribution >= 0.6 is 0 Å². The molecule has 7 heteroatoms. The summed E-state index contributed by atoms with van der Waals surface area (Å²) in [6.07, 6.45) is 1.35. The van der Waals surface area contributed by atoms with Gasteiger partial charge in [-0.3, -0.25) is 5.43 Å². The molecule has 72 valence electrons. The van der Waals surface area contributed by atoms with Crippen molar-refractivity contribution in [2.75, 3.05) is 30.5 Å². The van der Waals surface area contributed by atoms with Gasteiger partial charge in [0.1, 0.15) is 6.33 Å². The molecule has 0 aliphatic heterocycles. The molecular formula is C6H12N6O. The minimum Gasteiger partial charge on any atom is -0.395 e. The Morgan fingerprint density at radius 1 is 1.62 bits per heavy atom. The summed E-state index contributed by atoms with van der Waals surface area (Å²) in [7, 11) is 1.77. The number of nitrogens with two attached hydrogens (primary N) is 1. The number of hydrazine groups is 1. The number of aromatic nitrogens is 3. The van der Waals surface area contributed by atoms with Crippen molar-refractivity contribution in [1.82, 2.24) is 15.0 Å². The van der Waals surface area contributed by atoms with Crippen molar-refractivity contribution in [1.29, 1.82) is 0 Å². The van der Waals surface area contributed by atoms with Crippen LogP contribution in [0.3, 0.4) is 0 Å². The maximum Gasteiger partial charge on any atom is 0.241 e. The molecule has 0 aliphatic carbocycles. The van der Waals surface area contributed by atoms with Gasteiger partial charge in [0.15, 0.2) is 0 Å². The summed E-state index contributed by atoms with van der Waals surface area (Å²) in [6, 6.07) is 0. The van der Waals surface area contributed by atoms with Crippen molar-refractivity contribution < 1.29 is 5.11 Å². The van der Waals surface area contributed by atoms with Gasteiger partial charge >= 0.3 is 0 Å². The van der Waals surface area contributed by atoms with E-state index in [-0.39, 0.29) is 6.61 Å². The number of likely N-dealkylation sites (N-methyl/N-ethyl adjacent to an activating group) is 1. The van der Waals surface area contributed by atoms with Crippen molar-refractivity contribution in [3.63, 3.8) is 0 Å². The molecule has 0 aromatic carbocycles. The van der Waals surface area contributed by atoms with E-state index in [1.54, 1.807) is 11.9 Å². The topological polar surface area (TPSA) is 100 Å². The normalized spacial score (nSPS) is 9.77. The second-order valence-electron chi connectivity index (χ2n) is 2.40. The molecule has 0 bridgehead atoms. The monoisotopic (exact) mass is 184 g/mol. The van der Waals surface area contributed by atoms with Crippen LogP contribution < -0.4 is 16.2 Å². The van der Waals surface area contributed by atoms with Gasteiger partial charge in [-0.2, -0.15) is 4.98 Å². The smallest absolute Gasteiger partial charge is 0.241 e. The average Bonchev–Trinajstić information content (AvgIpc) is 2.18. The molecule has 0 unspecified atom stereocenters. The number of nitrogen functional groups attached to an aromatic ring is 1. The second-order valence-corrected chi connectivity index (χ2v) is 2.40. The number of nitrogens with one attached hydrogen (secondary N) is 1. The zero-order valence-corrected chi connectivity index (χ0v) is 7.30. The molecule has 0 saturated carbocycles. The fraction of sp³-hybridized carbons (Fsp3) is 0.500. The van der Waals surface area contributed by atoms with Crippen LogP contribution in [0.4, 0.5) is 11.9 Å². The van der Waals surface area contributed by atoms with E-state index in [1.807, 2.05) is 0 Å². The van der Waals surface area contributed by atoms with Crippen molar-refractivity contribution in [2.45, 2.75) is 0 Å². The molecule has 1 aromatic heterocycles. The Morgan fingerprint density at radius 2 is 2.38 bits per heavy atom. The first-order chi connectivity index (χ1) is 6.27. The van der Waals surface area contributed by atoms with Gasteiger partial charge < -0.3 is 10.0 Å². The molecule has 0 spiro atoms. The van der Waals surface area contributed by atoms with Gasteiger partial charge in [0.2, 0.25) is 11.9 Å². The lowest BCUT2D eigenvalue weighted by Gasteiger charge is -2.14. The zero-order chi connectivity index (χ0) is 9.68. The van der Waals surface area contributed by atoms with Crippen LogP contribution in [0.5, 0.6) is 0 Å². The Bertz CT molecular complexity index is 267. The highest BCUT2D eigenvalue weighted by molar-refractivity contribution is 5.33. The van der Waals surface area contributed by atoms with Crippen LogP contribution in [0.1, 0.15) is 0 Å².